The molecule has 0 unspecified atom stereocenters. The normalized spacial score (nSPS) is 11.7. The first-order valence-corrected chi connectivity index (χ1v) is 13.0. The Morgan fingerprint density at radius 2 is 1.61 bits per heavy atom. The third-order valence-corrected chi connectivity index (χ3v) is 8.05. The minimum Gasteiger partial charge on any atom is -0.384 e. The van der Waals surface area contributed by atoms with E-state index in [-0.39, 0.29) is 40.1 Å². The van der Waals surface area contributed by atoms with Crippen LogP contribution in [-0.2, 0) is 16.4 Å². The van der Waals surface area contributed by atoms with E-state index in [1.54, 1.807) is 65.2 Å². The van der Waals surface area contributed by atoms with Crippen molar-refractivity contribution in [2.24, 2.45) is 0 Å². The summed E-state index contributed by atoms with van der Waals surface area (Å²) in [4.78, 5) is 21.9. The number of carbonyl (C=O) groups excluding carboxylic acids is 1. The highest BCUT2D eigenvalue weighted by atomic mass is 35.5. The summed E-state index contributed by atoms with van der Waals surface area (Å²) in [5, 5.41) is 3.14. The fraction of sp³-hybridized carbons (Fsp3) is 0.115. The zero-order valence-corrected chi connectivity index (χ0v) is 20.8. The summed E-state index contributed by atoms with van der Waals surface area (Å²) in [5.74, 6) is -0.340. The Labute approximate surface area is 212 Å². The monoisotopic (exact) mass is 519 g/mol. The van der Waals surface area contributed by atoms with Gasteiger partial charge in [0.2, 0.25) is 9.84 Å². The van der Waals surface area contributed by atoms with Crippen molar-refractivity contribution in [1.82, 2.24) is 19.9 Å². The third-order valence-electron chi connectivity index (χ3n) is 5.89. The summed E-state index contributed by atoms with van der Waals surface area (Å²) in [6.07, 6.45) is 0. The van der Waals surface area contributed by atoms with E-state index in [2.05, 4.69) is 15.3 Å². The van der Waals surface area contributed by atoms with Crippen LogP contribution < -0.4 is 11.1 Å². The number of hydrogen-bond acceptors (Lipinski definition) is 6. The highest BCUT2D eigenvalue weighted by Gasteiger charge is 2.30. The van der Waals surface area contributed by atoms with Crippen LogP contribution in [0.1, 0.15) is 15.9 Å². The Morgan fingerprint density at radius 3 is 2.31 bits per heavy atom. The molecule has 36 heavy (non-hydrogen) atoms. The number of amides is 1. The van der Waals surface area contributed by atoms with Crippen molar-refractivity contribution in [3.63, 3.8) is 0 Å². The van der Waals surface area contributed by atoms with E-state index >= 15 is 0 Å². The van der Waals surface area contributed by atoms with Gasteiger partial charge in [-0.05, 0) is 43.3 Å². The third kappa shape index (κ3) is 4.16. The molecule has 2 aromatic heterocycles. The molecule has 0 aliphatic rings. The number of benzene rings is 3. The number of carbonyl (C=O) groups is 1. The number of anilines is 1. The maximum absolute atomic E-state index is 13.7. The van der Waals surface area contributed by atoms with Gasteiger partial charge in [-0.1, -0.05) is 53.6 Å². The van der Waals surface area contributed by atoms with Crippen LogP contribution in [0.5, 0.6) is 0 Å². The zero-order valence-electron chi connectivity index (χ0n) is 19.3. The molecule has 3 aromatic carbocycles. The second-order valence-electron chi connectivity index (χ2n) is 8.30. The van der Waals surface area contributed by atoms with Gasteiger partial charge in [-0.25, -0.2) is 18.4 Å². The lowest BCUT2D eigenvalue weighted by Gasteiger charge is -2.10. The Hall–Kier alpha value is -3.95. The van der Waals surface area contributed by atoms with Gasteiger partial charge < -0.3 is 15.6 Å². The van der Waals surface area contributed by atoms with Gasteiger partial charge in [0.15, 0.2) is 5.65 Å². The predicted molar refractivity (Wildman–Crippen MR) is 140 cm³/mol. The van der Waals surface area contributed by atoms with Gasteiger partial charge in [0.1, 0.15) is 16.2 Å². The molecule has 10 heteroatoms. The van der Waals surface area contributed by atoms with Crippen molar-refractivity contribution in [3.05, 3.63) is 88.9 Å². The number of rotatable bonds is 6. The van der Waals surface area contributed by atoms with E-state index in [0.29, 0.717) is 27.3 Å². The topological polar surface area (TPSA) is 120 Å². The summed E-state index contributed by atoms with van der Waals surface area (Å²) in [6.45, 7) is 2.22. The van der Waals surface area contributed by atoms with Gasteiger partial charge in [0.05, 0.1) is 26.5 Å². The van der Waals surface area contributed by atoms with Gasteiger partial charge in [0, 0.05) is 13.1 Å². The summed E-state index contributed by atoms with van der Waals surface area (Å²) in [7, 11) is -4.00. The average molecular weight is 520 g/mol. The van der Waals surface area contributed by atoms with Gasteiger partial charge in [-0.15, -0.1) is 0 Å². The molecule has 0 saturated carbocycles. The predicted octanol–water partition coefficient (Wildman–Crippen LogP) is 4.39. The Kier molecular flexibility index (Phi) is 6.11. The molecule has 2 heterocycles. The van der Waals surface area contributed by atoms with Crippen molar-refractivity contribution >= 4 is 55.4 Å². The number of hydrogen-bond donors (Lipinski definition) is 2. The number of nitrogens with one attached hydrogen (secondary N) is 1. The summed E-state index contributed by atoms with van der Waals surface area (Å²) < 4.78 is 28.9. The molecule has 0 radical (unpaired) electrons. The van der Waals surface area contributed by atoms with Crippen molar-refractivity contribution in [1.29, 1.82) is 0 Å². The number of aromatic nitrogens is 3. The second-order valence-corrected chi connectivity index (χ2v) is 10.6. The Bertz CT molecular complexity index is 1730. The molecule has 0 atom stereocenters. The van der Waals surface area contributed by atoms with E-state index in [1.807, 2.05) is 19.1 Å². The fourth-order valence-corrected chi connectivity index (χ4v) is 5.77. The minimum atomic E-state index is -4.00. The highest BCUT2D eigenvalue weighted by molar-refractivity contribution is 7.92. The number of nitrogen functional groups attached to an aromatic ring is 1. The SMILES string of the molecule is Cc1ccc(S(=O)(=O)c2c(N)n(CCNC(=O)c3ccccc3Cl)c3nc4ccccc4nc23)cc1. The van der Waals surface area contributed by atoms with Crippen molar-refractivity contribution in [3.8, 4) is 0 Å². The standard InChI is InChI=1S/C26H22ClN5O3S/c1-16-10-12-17(13-11-16)36(34,35)23-22-25(31-21-9-5-4-8-20(21)30-22)32(24(23)28)15-14-29-26(33)18-6-2-3-7-19(18)27/h2-13H,14-15,28H2,1H3,(H,29,33). The first-order valence-electron chi connectivity index (χ1n) is 11.2. The fourth-order valence-electron chi connectivity index (χ4n) is 4.04. The number of nitrogens with zero attached hydrogens (tertiary/aromatic N) is 3. The van der Waals surface area contributed by atoms with Crippen molar-refractivity contribution in [2.75, 3.05) is 12.3 Å². The Morgan fingerprint density at radius 1 is 0.972 bits per heavy atom. The zero-order chi connectivity index (χ0) is 25.4. The van der Waals surface area contributed by atoms with Crippen LogP contribution in [0, 0.1) is 6.92 Å². The largest absolute Gasteiger partial charge is 0.384 e. The van der Waals surface area contributed by atoms with Crippen LogP contribution in [0.2, 0.25) is 5.02 Å². The second kappa shape index (κ2) is 9.25. The lowest BCUT2D eigenvalue weighted by atomic mass is 10.2. The molecule has 5 rings (SSSR count). The molecule has 3 N–H and O–H groups in total. The first-order chi connectivity index (χ1) is 17.3. The molecule has 182 valence electrons. The molecular formula is C26H22ClN5O3S. The van der Waals surface area contributed by atoms with Crippen LogP contribution in [0.15, 0.2) is 82.6 Å². The molecule has 8 nitrogen and oxygen atoms in total. The molecule has 0 aliphatic carbocycles. The van der Waals surface area contributed by atoms with E-state index in [0.717, 1.165) is 5.56 Å². The lowest BCUT2D eigenvalue weighted by Crippen LogP contribution is -2.27. The average Bonchev–Trinajstić information content (AvgIpc) is 3.13. The number of sulfone groups is 1. The number of nitrogens with two attached hydrogens (primary N) is 1. The molecule has 0 aliphatic heterocycles. The van der Waals surface area contributed by atoms with E-state index in [1.165, 1.54) is 0 Å². The number of halogens is 1. The molecule has 0 fully saturated rings. The molecular weight excluding hydrogens is 498 g/mol. The number of aryl methyl sites for hydroxylation is 1. The maximum Gasteiger partial charge on any atom is 0.252 e. The Balaban J connectivity index is 1.58. The molecule has 0 saturated heterocycles. The van der Waals surface area contributed by atoms with Crippen molar-refractivity contribution < 1.29 is 13.2 Å². The van der Waals surface area contributed by atoms with E-state index < -0.39 is 9.84 Å². The van der Waals surface area contributed by atoms with E-state index in [4.69, 9.17) is 17.3 Å². The minimum absolute atomic E-state index is 0.00729. The smallest absolute Gasteiger partial charge is 0.252 e. The van der Waals surface area contributed by atoms with Gasteiger partial charge in [0.25, 0.3) is 5.91 Å². The molecule has 1 amide bonds. The first kappa shape index (κ1) is 23.8. The van der Waals surface area contributed by atoms with E-state index in [9.17, 15) is 13.2 Å². The van der Waals surface area contributed by atoms with Crippen LogP contribution in [0.3, 0.4) is 0 Å². The molecule has 0 bridgehead atoms. The summed E-state index contributed by atoms with van der Waals surface area (Å²) in [5.41, 5.74) is 9.39. The van der Waals surface area contributed by atoms with Crippen LogP contribution in [-0.4, -0.2) is 35.4 Å². The highest BCUT2D eigenvalue weighted by Crippen LogP contribution is 2.35. The van der Waals surface area contributed by atoms with Crippen molar-refractivity contribution in [2.45, 2.75) is 23.3 Å². The molecule has 0 spiro atoms. The number of para-hydroxylation sites is 2. The summed E-state index contributed by atoms with van der Waals surface area (Å²) >= 11 is 6.12. The van der Waals surface area contributed by atoms with Crippen LogP contribution in [0.25, 0.3) is 22.2 Å². The van der Waals surface area contributed by atoms with Gasteiger partial charge in [-0.3, -0.25) is 4.79 Å². The quantitative estimate of drug-likeness (QED) is 0.343. The van der Waals surface area contributed by atoms with Gasteiger partial charge >= 0.3 is 0 Å². The maximum atomic E-state index is 13.7. The van der Waals surface area contributed by atoms with Crippen LogP contribution in [0.4, 0.5) is 5.82 Å². The molecule has 5 aromatic rings. The van der Waals surface area contributed by atoms with Gasteiger partial charge in [-0.2, -0.15) is 0 Å². The summed E-state index contributed by atoms with van der Waals surface area (Å²) in [6, 6.07) is 20.5. The lowest BCUT2D eigenvalue weighted by molar-refractivity contribution is 0.0952. The van der Waals surface area contributed by atoms with Crippen LogP contribution >= 0.6 is 11.6 Å². The number of fused-ring (bicyclic) bond motifs is 2.